The van der Waals surface area contributed by atoms with Crippen LogP contribution in [0.1, 0.15) is 24.2 Å². The summed E-state index contributed by atoms with van der Waals surface area (Å²) in [7, 11) is 0. The van der Waals surface area contributed by atoms with E-state index in [9.17, 15) is 4.79 Å². The van der Waals surface area contributed by atoms with E-state index < -0.39 is 0 Å². The topological polar surface area (TPSA) is 38.3 Å². The number of carbonyl (C=O) groups is 1. The molecule has 0 saturated heterocycles. The molecule has 0 aliphatic heterocycles. The Labute approximate surface area is 95.8 Å². The molecule has 0 aromatic heterocycles. The maximum atomic E-state index is 11.5. The summed E-state index contributed by atoms with van der Waals surface area (Å²) in [5, 5.41) is 2.59. The Morgan fingerprint density at radius 1 is 1.44 bits per heavy atom. The zero-order valence-corrected chi connectivity index (χ0v) is 9.49. The van der Waals surface area contributed by atoms with Crippen LogP contribution >= 0.6 is 0 Å². The SMILES string of the molecule is C#CCNC(=O)c1ccc(OC(C)C)cc1. The predicted octanol–water partition coefficient (Wildman–Crippen LogP) is 1.84. The van der Waals surface area contributed by atoms with Gasteiger partial charge in [0.2, 0.25) is 0 Å². The highest BCUT2D eigenvalue weighted by atomic mass is 16.5. The normalized spacial score (nSPS) is 9.62. The summed E-state index contributed by atoms with van der Waals surface area (Å²) in [4.78, 5) is 11.5. The summed E-state index contributed by atoms with van der Waals surface area (Å²) in [5.74, 6) is 2.93. The third-order valence-electron chi connectivity index (χ3n) is 1.84. The van der Waals surface area contributed by atoms with Gasteiger partial charge in [-0.3, -0.25) is 4.79 Å². The third kappa shape index (κ3) is 3.66. The van der Waals surface area contributed by atoms with E-state index in [-0.39, 0.29) is 18.6 Å². The number of amides is 1. The first-order chi connectivity index (χ1) is 7.63. The molecule has 16 heavy (non-hydrogen) atoms. The predicted molar refractivity (Wildman–Crippen MR) is 63.4 cm³/mol. The van der Waals surface area contributed by atoms with Gasteiger partial charge in [-0.25, -0.2) is 0 Å². The number of ether oxygens (including phenoxy) is 1. The van der Waals surface area contributed by atoms with Gasteiger partial charge in [-0.2, -0.15) is 0 Å². The lowest BCUT2D eigenvalue weighted by Gasteiger charge is -2.09. The number of terminal acetylenes is 1. The molecule has 1 rings (SSSR count). The monoisotopic (exact) mass is 217 g/mol. The smallest absolute Gasteiger partial charge is 0.252 e. The van der Waals surface area contributed by atoms with Crippen LogP contribution in [0.25, 0.3) is 0 Å². The number of hydrogen-bond acceptors (Lipinski definition) is 2. The summed E-state index contributed by atoms with van der Waals surface area (Å²) < 4.78 is 5.47. The standard InChI is InChI=1S/C13H15NO2/c1-4-9-14-13(15)11-5-7-12(8-6-11)16-10(2)3/h1,5-8,10H,9H2,2-3H3,(H,14,15). The van der Waals surface area contributed by atoms with Crippen LogP contribution in [0.4, 0.5) is 0 Å². The second-order valence-corrected chi connectivity index (χ2v) is 3.58. The van der Waals surface area contributed by atoms with Crippen molar-refractivity contribution in [3.8, 4) is 18.1 Å². The zero-order valence-electron chi connectivity index (χ0n) is 9.49. The molecule has 0 saturated carbocycles. The van der Waals surface area contributed by atoms with Gasteiger partial charge in [-0.1, -0.05) is 5.92 Å². The summed E-state index contributed by atoms with van der Waals surface area (Å²) in [6.07, 6.45) is 5.18. The van der Waals surface area contributed by atoms with Gasteiger partial charge in [0.15, 0.2) is 0 Å². The van der Waals surface area contributed by atoms with Gasteiger partial charge >= 0.3 is 0 Å². The number of hydrogen-bond donors (Lipinski definition) is 1. The molecule has 0 heterocycles. The average Bonchev–Trinajstić information content (AvgIpc) is 2.26. The molecule has 3 heteroatoms. The molecule has 84 valence electrons. The van der Waals surface area contributed by atoms with E-state index in [4.69, 9.17) is 11.2 Å². The maximum absolute atomic E-state index is 11.5. The van der Waals surface area contributed by atoms with Crippen molar-refractivity contribution in [3.05, 3.63) is 29.8 Å². The van der Waals surface area contributed by atoms with Crippen LogP contribution in [-0.2, 0) is 0 Å². The molecule has 1 amide bonds. The lowest BCUT2D eigenvalue weighted by atomic mass is 10.2. The Balaban J connectivity index is 2.64. The lowest BCUT2D eigenvalue weighted by molar-refractivity contribution is 0.0958. The van der Waals surface area contributed by atoms with Gasteiger partial charge in [0.05, 0.1) is 12.6 Å². The fourth-order valence-corrected chi connectivity index (χ4v) is 1.19. The Morgan fingerprint density at radius 2 is 2.06 bits per heavy atom. The number of benzene rings is 1. The van der Waals surface area contributed by atoms with Crippen molar-refractivity contribution in [2.45, 2.75) is 20.0 Å². The third-order valence-corrected chi connectivity index (χ3v) is 1.84. The quantitative estimate of drug-likeness (QED) is 0.781. The molecule has 0 radical (unpaired) electrons. The van der Waals surface area contributed by atoms with Crippen LogP contribution in [-0.4, -0.2) is 18.6 Å². The Morgan fingerprint density at radius 3 is 2.56 bits per heavy atom. The van der Waals surface area contributed by atoms with Crippen molar-refractivity contribution in [1.29, 1.82) is 0 Å². The second kappa shape index (κ2) is 5.82. The van der Waals surface area contributed by atoms with E-state index in [1.807, 2.05) is 13.8 Å². The largest absolute Gasteiger partial charge is 0.491 e. The van der Waals surface area contributed by atoms with E-state index in [0.29, 0.717) is 5.56 Å². The van der Waals surface area contributed by atoms with Crippen molar-refractivity contribution in [2.75, 3.05) is 6.54 Å². The minimum Gasteiger partial charge on any atom is -0.491 e. The van der Waals surface area contributed by atoms with E-state index in [2.05, 4.69) is 11.2 Å². The van der Waals surface area contributed by atoms with Gasteiger partial charge in [0.25, 0.3) is 5.91 Å². The van der Waals surface area contributed by atoms with Crippen LogP contribution in [0, 0.1) is 12.3 Å². The van der Waals surface area contributed by atoms with Crippen LogP contribution < -0.4 is 10.1 Å². The summed E-state index contributed by atoms with van der Waals surface area (Å²) >= 11 is 0. The molecule has 0 unspecified atom stereocenters. The van der Waals surface area contributed by atoms with E-state index in [1.54, 1.807) is 24.3 Å². The molecular weight excluding hydrogens is 202 g/mol. The Hall–Kier alpha value is -1.95. The first kappa shape index (κ1) is 12.1. The highest BCUT2D eigenvalue weighted by Crippen LogP contribution is 2.13. The number of carbonyl (C=O) groups excluding carboxylic acids is 1. The maximum Gasteiger partial charge on any atom is 0.252 e. The van der Waals surface area contributed by atoms with E-state index in [1.165, 1.54) is 0 Å². The Kier molecular flexibility index (Phi) is 4.41. The van der Waals surface area contributed by atoms with Gasteiger partial charge in [-0.15, -0.1) is 6.42 Å². The van der Waals surface area contributed by atoms with Crippen molar-refractivity contribution >= 4 is 5.91 Å². The molecular formula is C13H15NO2. The molecule has 0 spiro atoms. The molecule has 1 aromatic rings. The highest BCUT2D eigenvalue weighted by molar-refractivity contribution is 5.94. The fraction of sp³-hybridized carbons (Fsp3) is 0.308. The van der Waals surface area contributed by atoms with Crippen LogP contribution in [0.15, 0.2) is 24.3 Å². The summed E-state index contributed by atoms with van der Waals surface area (Å²) in [6, 6.07) is 6.96. The molecule has 0 atom stereocenters. The molecule has 3 nitrogen and oxygen atoms in total. The summed E-state index contributed by atoms with van der Waals surface area (Å²) in [5.41, 5.74) is 0.575. The van der Waals surface area contributed by atoms with Crippen LogP contribution in [0.2, 0.25) is 0 Å². The van der Waals surface area contributed by atoms with Gasteiger partial charge in [-0.05, 0) is 38.1 Å². The number of nitrogens with one attached hydrogen (secondary N) is 1. The van der Waals surface area contributed by atoms with E-state index >= 15 is 0 Å². The molecule has 0 fully saturated rings. The van der Waals surface area contributed by atoms with Gasteiger partial charge in [0, 0.05) is 5.56 Å². The van der Waals surface area contributed by atoms with Crippen molar-refractivity contribution in [3.63, 3.8) is 0 Å². The van der Waals surface area contributed by atoms with E-state index in [0.717, 1.165) is 5.75 Å². The van der Waals surface area contributed by atoms with Crippen LogP contribution in [0.3, 0.4) is 0 Å². The molecule has 0 aliphatic rings. The first-order valence-corrected chi connectivity index (χ1v) is 5.12. The lowest BCUT2D eigenvalue weighted by Crippen LogP contribution is -2.23. The first-order valence-electron chi connectivity index (χ1n) is 5.12. The van der Waals surface area contributed by atoms with Crippen LogP contribution in [0.5, 0.6) is 5.75 Å². The highest BCUT2D eigenvalue weighted by Gasteiger charge is 2.04. The average molecular weight is 217 g/mol. The zero-order chi connectivity index (χ0) is 12.0. The fourth-order valence-electron chi connectivity index (χ4n) is 1.19. The second-order valence-electron chi connectivity index (χ2n) is 3.58. The molecule has 1 N–H and O–H groups in total. The molecule has 1 aromatic carbocycles. The van der Waals surface area contributed by atoms with Crippen molar-refractivity contribution in [1.82, 2.24) is 5.32 Å². The Bertz CT molecular complexity index is 387. The minimum absolute atomic E-state index is 0.126. The van der Waals surface area contributed by atoms with Gasteiger partial charge < -0.3 is 10.1 Å². The molecule has 0 aliphatic carbocycles. The molecule has 0 bridgehead atoms. The van der Waals surface area contributed by atoms with Crippen molar-refractivity contribution in [2.24, 2.45) is 0 Å². The number of rotatable bonds is 4. The van der Waals surface area contributed by atoms with Gasteiger partial charge in [0.1, 0.15) is 5.75 Å². The minimum atomic E-state index is -0.172. The van der Waals surface area contributed by atoms with Crippen molar-refractivity contribution < 1.29 is 9.53 Å². The summed E-state index contributed by atoms with van der Waals surface area (Å²) in [6.45, 7) is 4.14.